The summed E-state index contributed by atoms with van der Waals surface area (Å²) in [5.74, 6) is 0. The predicted octanol–water partition coefficient (Wildman–Crippen LogP) is 2.41. The number of carbonyl (C=O) groups excluding carboxylic acids is 1. The van der Waals surface area contributed by atoms with Gasteiger partial charge >= 0.3 is 23.1 Å². The second-order valence-electron chi connectivity index (χ2n) is 2.15. The topological polar surface area (TPSA) is 17.1 Å². The molecule has 2 aromatic rings. The van der Waals surface area contributed by atoms with Crippen LogP contribution in [0.2, 0.25) is 0 Å². The van der Waals surface area contributed by atoms with Crippen molar-refractivity contribution in [2.24, 2.45) is 0 Å². The van der Waals surface area contributed by atoms with Crippen molar-refractivity contribution in [1.82, 2.24) is 0 Å². The molecule has 0 bridgehead atoms. The SMILES string of the molecule is C=O.[Mg+2].[c-]1ccccc1.[c-]1ccccc1. The van der Waals surface area contributed by atoms with Gasteiger partial charge in [0.25, 0.3) is 0 Å². The quantitative estimate of drug-likeness (QED) is 0.480. The third kappa shape index (κ3) is 12.9. The summed E-state index contributed by atoms with van der Waals surface area (Å²) >= 11 is 0. The van der Waals surface area contributed by atoms with Gasteiger partial charge in [0.05, 0.1) is 0 Å². The minimum absolute atomic E-state index is 0. The Bertz CT molecular complexity index is 199. The van der Waals surface area contributed by atoms with E-state index in [0.29, 0.717) is 0 Å². The van der Waals surface area contributed by atoms with Gasteiger partial charge in [-0.05, 0) is 0 Å². The summed E-state index contributed by atoms with van der Waals surface area (Å²) in [5.41, 5.74) is 0. The molecular weight excluding hydrogens is 196 g/mol. The Morgan fingerprint density at radius 3 is 0.933 bits per heavy atom. The molecule has 0 aliphatic rings. The van der Waals surface area contributed by atoms with Gasteiger partial charge in [-0.25, -0.2) is 0 Å². The third-order valence-electron chi connectivity index (χ3n) is 1.21. The van der Waals surface area contributed by atoms with Crippen molar-refractivity contribution < 1.29 is 4.79 Å². The molecule has 0 aromatic heterocycles. The van der Waals surface area contributed by atoms with Crippen molar-refractivity contribution in [3.05, 3.63) is 72.8 Å². The maximum atomic E-state index is 8.00. The van der Waals surface area contributed by atoms with Crippen molar-refractivity contribution in [3.63, 3.8) is 0 Å². The molecule has 0 aliphatic heterocycles. The molecule has 0 saturated carbocycles. The molecule has 0 atom stereocenters. The predicted molar refractivity (Wildman–Crippen MR) is 63.4 cm³/mol. The van der Waals surface area contributed by atoms with E-state index >= 15 is 0 Å². The van der Waals surface area contributed by atoms with E-state index in [1.165, 1.54) is 0 Å². The fourth-order valence-electron chi connectivity index (χ4n) is 0.684. The van der Waals surface area contributed by atoms with Crippen LogP contribution in [-0.2, 0) is 4.79 Å². The van der Waals surface area contributed by atoms with Crippen LogP contribution in [0.4, 0.5) is 0 Å². The summed E-state index contributed by atoms with van der Waals surface area (Å²) in [7, 11) is 0. The zero-order valence-electron chi connectivity index (χ0n) is 8.60. The van der Waals surface area contributed by atoms with Gasteiger partial charge in [0.1, 0.15) is 6.79 Å². The van der Waals surface area contributed by atoms with E-state index < -0.39 is 0 Å². The van der Waals surface area contributed by atoms with Gasteiger partial charge < -0.3 is 4.79 Å². The first-order valence-electron chi connectivity index (χ1n) is 4.11. The van der Waals surface area contributed by atoms with E-state index in [9.17, 15) is 0 Å². The first kappa shape index (κ1) is 16.3. The molecule has 0 unspecified atom stereocenters. The number of benzene rings is 2. The molecular formula is C13H12MgO. The Labute approximate surface area is 107 Å². The van der Waals surface area contributed by atoms with Crippen LogP contribution in [0.1, 0.15) is 0 Å². The van der Waals surface area contributed by atoms with Crippen LogP contribution in [0, 0.1) is 12.1 Å². The van der Waals surface area contributed by atoms with Crippen molar-refractivity contribution in [1.29, 1.82) is 0 Å². The second kappa shape index (κ2) is 15.4. The van der Waals surface area contributed by atoms with Gasteiger partial charge in [-0.3, -0.25) is 0 Å². The molecule has 0 radical (unpaired) electrons. The van der Waals surface area contributed by atoms with Crippen LogP contribution < -0.4 is 0 Å². The van der Waals surface area contributed by atoms with E-state index in [2.05, 4.69) is 12.1 Å². The van der Waals surface area contributed by atoms with Crippen LogP contribution in [0.25, 0.3) is 0 Å². The van der Waals surface area contributed by atoms with E-state index in [1.807, 2.05) is 67.5 Å². The van der Waals surface area contributed by atoms with E-state index in [4.69, 9.17) is 4.79 Å². The summed E-state index contributed by atoms with van der Waals surface area (Å²) in [6.07, 6.45) is 0. The second-order valence-corrected chi connectivity index (χ2v) is 2.15. The monoisotopic (exact) mass is 208 g/mol. The van der Waals surface area contributed by atoms with Gasteiger partial charge in [-0.15, -0.1) is 0 Å². The molecule has 0 saturated heterocycles. The molecule has 0 spiro atoms. The molecule has 0 amide bonds. The Kier molecular flexibility index (Phi) is 16.7. The maximum Gasteiger partial charge on any atom is 2.00 e. The smallest absolute Gasteiger partial charge is 0.307 e. The van der Waals surface area contributed by atoms with Crippen molar-refractivity contribution in [3.8, 4) is 0 Å². The van der Waals surface area contributed by atoms with Crippen LogP contribution in [0.5, 0.6) is 0 Å². The average molecular weight is 209 g/mol. The minimum atomic E-state index is 0. The first-order valence-corrected chi connectivity index (χ1v) is 4.11. The van der Waals surface area contributed by atoms with Gasteiger partial charge in [0.15, 0.2) is 0 Å². The molecule has 15 heavy (non-hydrogen) atoms. The van der Waals surface area contributed by atoms with Gasteiger partial charge in [0, 0.05) is 0 Å². The largest absolute Gasteiger partial charge is 2.00 e. The van der Waals surface area contributed by atoms with Crippen molar-refractivity contribution in [2.45, 2.75) is 0 Å². The number of hydrogen-bond donors (Lipinski definition) is 0. The molecule has 72 valence electrons. The molecule has 0 fully saturated rings. The van der Waals surface area contributed by atoms with Crippen LogP contribution in [-0.4, -0.2) is 29.8 Å². The zero-order chi connectivity index (χ0) is 10.5. The zero-order valence-corrected chi connectivity index (χ0v) is 10.0. The number of rotatable bonds is 0. The van der Waals surface area contributed by atoms with Crippen molar-refractivity contribution >= 4 is 29.8 Å². The van der Waals surface area contributed by atoms with Gasteiger partial charge in [0.2, 0.25) is 0 Å². The Balaban J connectivity index is 0. The Morgan fingerprint density at radius 1 is 0.600 bits per heavy atom. The van der Waals surface area contributed by atoms with Gasteiger partial charge in [-0.2, -0.15) is 72.8 Å². The van der Waals surface area contributed by atoms with Crippen LogP contribution in [0.15, 0.2) is 60.7 Å². The first-order chi connectivity index (χ1) is 7.00. The third-order valence-corrected chi connectivity index (χ3v) is 1.21. The normalized spacial score (nSPS) is 6.67. The summed E-state index contributed by atoms with van der Waals surface area (Å²) in [5, 5.41) is 0. The number of carbonyl (C=O) groups is 1. The summed E-state index contributed by atoms with van der Waals surface area (Å²) in [6.45, 7) is 2.00. The van der Waals surface area contributed by atoms with Gasteiger partial charge in [-0.1, -0.05) is 0 Å². The fraction of sp³-hybridized carbons (Fsp3) is 0. The van der Waals surface area contributed by atoms with Crippen molar-refractivity contribution in [2.75, 3.05) is 0 Å². The summed E-state index contributed by atoms with van der Waals surface area (Å²) in [6, 6.07) is 25.0. The fourth-order valence-corrected chi connectivity index (χ4v) is 0.684. The maximum absolute atomic E-state index is 8.00. The molecule has 0 heterocycles. The Morgan fingerprint density at radius 2 is 0.867 bits per heavy atom. The standard InChI is InChI=1S/2C6H5.CH2O.Mg/c2*1-2-4-6-5-3-1;1-2;/h2*1-5H;1H2;/q2*-1;;+2. The van der Waals surface area contributed by atoms with E-state index in [-0.39, 0.29) is 23.1 Å². The van der Waals surface area contributed by atoms with Crippen LogP contribution >= 0.6 is 0 Å². The van der Waals surface area contributed by atoms with E-state index in [0.717, 1.165) is 0 Å². The summed E-state index contributed by atoms with van der Waals surface area (Å²) < 4.78 is 0. The molecule has 2 heteroatoms. The molecule has 2 aromatic carbocycles. The average Bonchev–Trinajstić information content (AvgIpc) is 2.37. The molecule has 0 N–H and O–H groups in total. The Hall–Kier alpha value is -1.12. The molecule has 0 aliphatic carbocycles. The minimum Gasteiger partial charge on any atom is -0.307 e. The summed E-state index contributed by atoms with van der Waals surface area (Å²) in [4.78, 5) is 8.00. The van der Waals surface area contributed by atoms with Crippen LogP contribution in [0.3, 0.4) is 0 Å². The number of hydrogen-bond acceptors (Lipinski definition) is 1. The molecule has 1 nitrogen and oxygen atoms in total. The van der Waals surface area contributed by atoms with E-state index in [1.54, 1.807) is 0 Å². The molecule has 2 rings (SSSR count).